The Morgan fingerprint density at radius 1 is 0.760 bits per heavy atom. The minimum Gasteiger partial charge on any atom is -0.467 e. The Morgan fingerprint density at radius 3 is 1.68 bits per heavy atom. The van der Waals surface area contributed by atoms with E-state index in [4.69, 9.17) is 18.9 Å². The van der Waals surface area contributed by atoms with Crippen LogP contribution in [0.2, 0.25) is 0 Å². The lowest BCUT2D eigenvalue weighted by atomic mass is 9.76. The average molecular weight is 340 g/mol. The van der Waals surface area contributed by atoms with Crippen molar-refractivity contribution in [2.75, 3.05) is 27.8 Å². The molecule has 0 heterocycles. The summed E-state index contributed by atoms with van der Waals surface area (Å²) in [5.74, 6) is 1.87. The third-order valence-corrected chi connectivity index (χ3v) is 5.49. The van der Waals surface area contributed by atoms with Crippen molar-refractivity contribution in [2.24, 2.45) is 0 Å². The quantitative estimate of drug-likeness (QED) is 0.749. The molecule has 0 bridgehead atoms. The van der Waals surface area contributed by atoms with Gasteiger partial charge in [0.2, 0.25) is 0 Å². The molecule has 0 radical (unpaired) electrons. The molecule has 4 heteroatoms. The molecule has 0 fully saturated rings. The first-order valence-electron chi connectivity index (χ1n) is 8.78. The molecule has 0 aromatic heterocycles. The fourth-order valence-corrected chi connectivity index (χ4v) is 4.59. The second-order valence-corrected chi connectivity index (χ2v) is 6.76. The first-order valence-corrected chi connectivity index (χ1v) is 8.78. The maximum atomic E-state index is 5.93. The Labute approximate surface area is 148 Å². The van der Waals surface area contributed by atoms with Crippen LogP contribution in [-0.2, 0) is 27.7 Å². The van der Waals surface area contributed by atoms with Gasteiger partial charge in [-0.2, -0.15) is 0 Å². The van der Waals surface area contributed by atoms with Crippen molar-refractivity contribution in [1.82, 2.24) is 0 Å². The summed E-state index contributed by atoms with van der Waals surface area (Å²) in [7, 11) is 3.31. The predicted octanol–water partition coefficient (Wildman–Crippen LogP) is 3.83. The average Bonchev–Trinajstić information content (AvgIpc) is 3.22. The van der Waals surface area contributed by atoms with Crippen molar-refractivity contribution in [1.29, 1.82) is 0 Å². The van der Waals surface area contributed by atoms with Gasteiger partial charge in [-0.05, 0) is 48.9 Å². The highest BCUT2D eigenvalue weighted by Crippen LogP contribution is 2.57. The number of aryl methyl sites for hydroxylation is 2. The highest BCUT2D eigenvalue weighted by atomic mass is 16.7. The summed E-state index contributed by atoms with van der Waals surface area (Å²) in [5.41, 5.74) is 5.36. The molecule has 2 aliphatic rings. The van der Waals surface area contributed by atoms with Gasteiger partial charge in [-0.1, -0.05) is 24.3 Å². The van der Waals surface area contributed by atoms with Crippen LogP contribution in [-0.4, -0.2) is 27.8 Å². The van der Waals surface area contributed by atoms with Crippen LogP contribution in [0.25, 0.3) is 0 Å². The molecule has 2 aromatic rings. The Bertz CT molecular complexity index is 703. The number of benzene rings is 2. The molecule has 4 rings (SSSR count). The van der Waals surface area contributed by atoms with Crippen LogP contribution in [0.1, 0.15) is 35.1 Å². The van der Waals surface area contributed by atoms with Crippen molar-refractivity contribution in [3.8, 4) is 11.5 Å². The van der Waals surface area contributed by atoms with Crippen LogP contribution in [0.15, 0.2) is 36.4 Å². The van der Waals surface area contributed by atoms with Gasteiger partial charge in [-0.25, -0.2) is 0 Å². The normalized spacial score (nSPS) is 16.7. The zero-order valence-electron chi connectivity index (χ0n) is 14.8. The fraction of sp³-hybridized carbons (Fsp3) is 0.429. The zero-order valence-corrected chi connectivity index (χ0v) is 14.8. The standard InChI is InChI=1S/C21H24O4/c1-22-13-24-17-7-3-5-15-9-11-21(19(15)17)12-10-16-6-4-8-18(20(16)21)25-14-23-2/h3-8H,9-14H2,1-2H3. The molecular formula is C21H24O4. The van der Waals surface area contributed by atoms with E-state index >= 15 is 0 Å². The summed E-state index contributed by atoms with van der Waals surface area (Å²) in [6, 6.07) is 12.7. The van der Waals surface area contributed by atoms with Gasteiger partial charge in [0.25, 0.3) is 0 Å². The Morgan fingerprint density at radius 2 is 1.24 bits per heavy atom. The monoisotopic (exact) mass is 340 g/mol. The molecule has 25 heavy (non-hydrogen) atoms. The molecule has 0 unspecified atom stereocenters. The maximum absolute atomic E-state index is 5.93. The number of hydrogen-bond donors (Lipinski definition) is 0. The molecule has 132 valence electrons. The number of ether oxygens (including phenoxy) is 4. The van der Waals surface area contributed by atoms with Crippen molar-refractivity contribution in [3.63, 3.8) is 0 Å². The molecule has 0 aliphatic heterocycles. The molecule has 0 saturated heterocycles. The van der Waals surface area contributed by atoms with Crippen LogP contribution in [0.5, 0.6) is 11.5 Å². The maximum Gasteiger partial charge on any atom is 0.188 e. The number of rotatable bonds is 6. The largest absolute Gasteiger partial charge is 0.467 e. The van der Waals surface area contributed by atoms with Gasteiger partial charge in [0, 0.05) is 30.8 Å². The second kappa shape index (κ2) is 6.70. The molecule has 0 saturated carbocycles. The predicted molar refractivity (Wildman–Crippen MR) is 95.3 cm³/mol. The molecule has 2 aliphatic carbocycles. The summed E-state index contributed by atoms with van der Waals surface area (Å²) in [5, 5.41) is 0. The van der Waals surface area contributed by atoms with Crippen molar-refractivity contribution < 1.29 is 18.9 Å². The van der Waals surface area contributed by atoms with E-state index in [0.29, 0.717) is 0 Å². The van der Waals surface area contributed by atoms with E-state index in [0.717, 1.165) is 37.2 Å². The molecule has 2 aromatic carbocycles. The Balaban J connectivity index is 1.84. The fourth-order valence-electron chi connectivity index (χ4n) is 4.59. The van der Waals surface area contributed by atoms with Gasteiger partial charge in [-0.15, -0.1) is 0 Å². The first-order chi connectivity index (χ1) is 12.3. The van der Waals surface area contributed by atoms with Gasteiger partial charge >= 0.3 is 0 Å². The van der Waals surface area contributed by atoms with Gasteiger partial charge in [0.1, 0.15) is 11.5 Å². The van der Waals surface area contributed by atoms with E-state index in [1.165, 1.54) is 22.3 Å². The van der Waals surface area contributed by atoms with Gasteiger partial charge in [0.05, 0.1) is 0 Å². The topological polar surface area (TPSA) is 36.9 Å². The first kappa shape index (κ1) is 16.4. The smallest absolute Gasteiger partial charge is 0.188 e. The molecule has 0 amide bonds. The zero-order chi connectivity index (χ0) is 17.3. The van der Waals surface area contributed by atoms with Gasteiger partial charge < -0.3 is 18.9 Å². The molecular weight excluding hydrogens is 316 g/mol. The van der Waals surface area contributed by atoms with Crippen molar-refractivity contribution in [2.45, 2.75) is 31.1 Å². The van der Waals surface area contributed by atoms with Crippen molar-refractivity contribution in [3.05, 3.63) is 58.7 Å². The van der Waals surface area contributed by atoms with E-state index in [1.54, 1.807) is 14.2 Å². The van der Waals surface area contributed by atoms with Crippen LogP contribution in [0, 0.1) is 0 Å². The van der Waals surface area contributed by atoms with E-state index in [9.17, 15) is 0 Å². The lowest BCUT2D eigenvalue weighted by Gasteiger charge is -2.30. The van der Waals surface area contributed by atoms with E-state index in [1.807, 2.05) is 0 Å². The van der Waals surface area contributed by atoms with Crippen LogP contribution in [0.4, 0.5) is 0 Å². The number of fused-ring (bicyclic) bond motifs is 4. The molecule has 1 spiro atoms. The lowest BCUT2D eigenvalue weighted by molar-refractivity contribution is 0.0485. The van der Waals surface area contributed by atoms with E-state index < -0.39 is 0 Å². The summed E-state index contributed by atoms with van der Waals surface area (Å²) in [6.07, 6.45) is 4.32. The Kier molecular flexibility index (Phi) is 4.40. The highest BCUT2D eigenvalue weighted by molar-refractivity contribution is 5.62. The Hall–Kier alpha value is -2.04. The summed E-state index contributed by atoms with van der Waals surface area (Å²) >= 11 is 0. The molecule has 4 nitrogen and oxygen atoms in total. The highest BCUT2D eigenvalue weighted by Gasteiger charge is 2.48. The summed E-state index contributed by atoms with van der Waals surface area (Å²) in [6.45, 7) is 0.530. The van der Waals surface area contributed by atoms with E-state index in [2.05, 4.69) is 36.4 Å². The van der Waals surface area contributed by atoms with Crippen LogP contribution < -0.4 is 9.47 Å². The molecule has 0 N–H and O–H groups in total. The number of hydrogen-bond acceptors (Lipinski definition) is 4. The minimum atomic E-state index is -0.0284. The second-order valence-electron chi connectivity index (χ2n) is 6.76. The van der Waals surface area contributed by atoms with Gasteiger partial charge in [-0.3, -0.25) is 0 Å². The third kappa shape index (κ3) is 2.60. The van der Waals surface area contributed by atoms with Crippen molar-refractivity contribution >= 4 is 0 Å². The number of methoxy groups -OCH3 is 2. The van der Waals surface area contributed by atoms with Gasteiger partial charge in [0.15, 0.2) is 13.6 Å². The SMILES string of the molecule is COCOc1cccc2c1C1(CC2)CCc2cccc(OCOC)c21. The minimum absolute atomic E-state index is 0.0284. The lowest BCUT2D eigenvalue weighted by Crippen LogP contribution is -2.23. The van der Waals surface area contributed by atoms with E-state index in [-0.39, 0.29) is 19.0 Å². The van der Waals surface area contributed by atoms with Crippen LogP contribution >= 0.6 is 0 Å². The summed E-state index contributed by atoms with van der Waals surface area (Å²) < 4.78 is 22.1. The molecule has 0 atom stereocenters. The van der Waals surface area contributed by atoms with Crippen LogP contribution in [0.3, 0.4) is 0 Å². The summed E-state index contributed by atoms with van der Waals surface area (Å²) in [4.78, 5) is 0. The third-order valence-electron chi connectivity index (χ3n) is 5.49.